The molecule has 1 N–H and O–H groups in total. The van der Waals surface area contributed by atoms with E-state index in [0.29, 0.717) is 6.04 Å². The van der Waals surface area contributed by atoms with Crippen molar-refractivity contribution in [1.29, 1.82) is 0 Å². The fraction of sp³-hybridized carbons (Fsp3) is 0.412. The number of fused-ring (bicyclic) bond motifs is 1. The lowest BCUT2D eigenvalue weighted by atomic mass is 10.1. The van der Waals surface area contributed by atoms with E-state index in [4.69, 9.17) is 0 Å². The Balaban J connectivity index is 1.62. The van der Waals surface area contributed by atoms with Crippen LogP contribution in [0.25, 0.3) is 10.8 Å². The largest absolute Gasteiger partial charge is 0.310 e. The maximum atomic E-state index is 3.71. The fourth-order valence-electron chi connectivity index (χ4n) is 2.95. The van der Waals surface area contributed by atoms with Crippen LogP contribution in [0.4, 0.5) is 0 Å². The Bertz CT molecular complexity index is 552. The van der Waals surface area contributed by atoms with Crippen molar-refractivity contribution in [3.8, 4) is 0 Å². The van der Waals surface area contributed by atoms with Gasteiger partial charge in [0, 0.05) is 17.8 Å². The van der Waals surface area contributed by atoms with Gasteiger partial charge in [-0.3, -0.25) is 0 Å². The van der Waals surface area contributed by atoms with Crippen molar-refractivity contribution in [2.75, 3.05) is 6.26 Å². The van der Waals surface area contributed by atoms with Crippen LogP contribution in [0.5, 0.6) is 0 Å². The standard InChI is InChI=1S/C17H21NS/c1-19-17-9-8-16(11-17)18-12-13-6-7-14-4-2-3-5-15(14)10-13/h2-7,10,16-18H,8-9,11-12H2,1H3. The van der Waals surface area contributed by atoms with Gasteiger partial charge in [0.2, 0.25) is 0 Å². The number of nitrogens with one attached hydrogen (secondary N) is 1. The second kappa shape index (κ2) is 5.98. The Morgan fingerprint density at radius 1 is 1.11 bits per heavy atom. The molecule has 0 saturated heterocycles. The van der Waals surface area contributed by atoms with Gasteiger partial charge in [0.1, 0.15) is 0 Å². The molecule has 1 fully saturated rings. The van der Waals surface area contributed by atoms with E-state index in [0.717, 1.165) is 11.8 Å². The van der Waals surface area contributed by atoms with Gasteiger partial charge in [-0.2, -0.15) is 11.8 Å². The van der Waals surface area contributed by atoms with Gasteiger partial charge in [0.15, 0.2) is 0 Å². The van der Waals surface area contributed by atoms with Crippen LogP contribution >= 0.6 is 11.8 Å². The van der Waals surface area contributed by atoms with Gasteiger partial charge in [-0.05, 0) is 47.9 Å². The molecule has 1 nitrogen and oxygen atoms in total. The molecule has 0 aromatic heterocycles. The van der Waals surface area contributed by atoms with Gasteiger partial charge in [-0.15, -0.1) is 0 Å². The van der Waals surface area contributed by atoms with Gasteiger partial charge >= 0.3 is 0 Å². The molecule has 0 amide bonds. The van der Waals surface area contributed by atoms with Crippen molar-refractivity contribution in [2.45, 2.75) is 37.1 Å². The summed E-state index contributed by atoms with van der Waals surface area (Å²) in [6.07, 6.45) is 6.26. The highest BCUT2D eigenvalue weighted by Gasteiger charge is 2.23. The molecule has 0 radical (unpaired) electrons. The first-order chi connectivity index (χ1) is 9.35. The predicted octanol–water partition coefficient (Wildman–Crippen LogP) is 4.21. The highest BCUT2D eigenvalue weighted by molar-refractivity contribution is 7.99. The van der Waals surface area contributed by atoms with E-state index in [1.54, 1.807) is 0 Å². The Kier molecular flexibility index (Phi) is 4.09. The first kappa shape index (κ1) is 13.0. The van der Waals surface area contributed by atoms with Crippen molar-refractivity contribution in [2.24, 2.45) is 0 Å². The Morgan fingerprint density at radius 2 is 1.95 bits per heavy atom. The van der Waals surface area contributed by atoms with Crippen LogP contribution in [-0.4, -0.2) is 17.5 Å². The zero-order valence-corrected chi connectivity index (χ0v) is 12.2. The first-order valence-corrected chi connectivity index (χ1v) is 8.38. The molecule has 19 heavy (non-hydrogen) atoms. The zero-order chi connectivity index (χ0) is 13.1. The van der Waals surface area contributed by atoms with Gasteiger partial charge in [-0.1, -0.05) is 36.4 Å². The summed E-state index contributed by atoms with van der Waals surface area (Å²) in [5, 5.41) is 7.25. The molecular weight excluding hydrogens is 250 g/mol. The van der Waals surface area contributed by atoms with Crippen LogP contribution < -0.4 is 5.32 Å². The van der Waals surface area contributed by atoms with Crippen LogP contribution in [-0.2, 0) is 6.54 Å². The fourth-order valence-corrected chi connectivity index (χ4v) is 3.75. The van der Waals surface area contributed by atoms with E-state index >= 15 is 0 Å². The van der Waals surface area contributed by atoms with Gasteiger partial charge in [-0.25, -0.2) is 0 Å². The molecule has 2 heteroatoms. The molecule has 0 bridgehead atoms. The third-order valence-electron chi connectivity index (χ3n) is 4.13. The van der Waals surface area contributed by atoms with Crippen molar-refractivity contribution < 1.29 is 0 Å². The molecule has 0 spiro atoms. The molecule has 1 aliphatic carbocycles. The van der Waals surface area contributed by atoms with Crippen molar-refractivity contribution in [1.82, 2.24) is 5.32 Å². The summed E-state index contributed by atoms with van der Waals surface area (Å²) in [7, 11) is 0. The highest BCUT2D eigenvalue weighted by atomic mass is 32.2. The highest BCUT2D eigenvalue weighted by Crippen LogP contribution is 2.28. The van der Waals surface area contributed by atoms with E-state index in [2.05, 4.69) is 54.0 Å². The molecule has 1 aliphatic rings. The Morgan fingerprint density at radius 3 is 2.74 bits per heavy atom. The van der Waals surface area contributed by atoms with E-state index in [1.807, 2.05) is 11.8 Å². The van der Waals surface area contributed by atoms with E-state index in [-0.39, 0.29) is 0 Å². The average molecular weight is 271 g/mol. The summed E-state index contributed by atoms with van der Waals surface area (Å²) < 4.78 is 0. The summed E-state index contributed by atoms with van der Waals surface area (Å²) in [6.45, 7) is 0.997. The molecule has 2 atom stereocenters. The maximum Gasteiger partial charge on any atom is 0.0208 e. The Hall–Kier alpha value is -0.990. The third-order valence-corrected chi connectivity index (χ3v) is 5.22. The SMILES string of the molecule is CSC1CCC(NCc2ccc3ccccc3c2)C1. The average Bonchev–Trinajstić information content (AvgIpc) is 2.93. The van der Waals surface area contributed by atoms with Crippen LogP contribution in [0.1, 0.15) is 24.8 Å². The minimum absolute atomic E-state index is 0.712. The summed E-state index contributed by atoms with van der Waals surface area (Å²) in [5.41, 5.74) is 1.39. The maximum absolute atomic E-state index is 3.71. The van der Waals surface area contributed by atoms with Crippen LogP contribution in [0.3, 0.4) is 0 Å². The number of rotatable bonds is 4. The summed E-state index contributed by atoms with van der Waals surface area (Å²) in [5.74, 6) is 0. The minimum Gasteiger partial charge on any atom is -0.310 e. The molecular formula is C17H21NS. The smallest absolute Gasteiger partial charge is 0.0208 e. The topological polar surface area (TPSA) is 12.0 Å². The Labute approximate surface area is 119 Å². The number of thioether (sulfide) groups is 1. The zero-order valence-electron chi connectivity index (χ0n) is 11.4. The third kappa shape index (κ3) is 3.13. The molecule has 0 heterocycles. The van der Waals surface area contributed by atoms with Crippen molar-refractivity contribution in [3.05, 3.63) is 48.0 Å². The lowest BCUT2D eigenvalue weighted by Gasteiger charge is -2.13. The number of benzene rings is 2. The summed E-state index contributed by atoms with van der Waals surface area (Å²) >= 11 is 2.02. The number of hydrogen-bond donors (Lipinski definition) is 1. The first-order valence-electron chi connectivity index (χ1n) is 7.09. The van der Waals surface area contributed by atoms with Crippen LogP contribution in [0.2, 0.25) is 0 Å². The van der Waals surface area contributed by atoms with Crippen LogP contribution in [0, 0.1) is 0 Å². The molecule has 2 unspecified atom stereocenters. The van der Waals surface area contributed by atoms with Crippen molar-refractivity contribution >= 4 is 22.5 Å². The monoisotopic (exact) mass is 271 g/mol. The van der Waals surface area contributed by atoms with Gasteiger partial charge in [0.05, 0.1) is 0 Å². The van der Waals surface area contributed by atoms with Crippen molar-refractivity contribution in [3.63, 3.8) is 0 Å². The molecule has 2 aromatic carbocycles. The van der Waals surface area contributed by atoms with E-state index in [9.17, 15) is 0 Å². The molecule has 0 aliphatic heterocycles. The molecule has 1 saturated carbocycles. The second-order valence-electron chi connectivity index (χ2n) is 5.43. The predicted molar refractivity (Wildman–Crippen MR) is 85.7 cm³/mol. The molecule has 3 rings (SSSR count). The second-order valence-corrected chi connectivity index (χ2v) is 6.57. The number of hydrogen-bond acceptors (Lipinski definition) is 2. The molecule has 100 valence electrons. The van der Waals surface area contributed by atoms with Gasteiger partial charge < -0.3 is 5.32 Å². The minimum atomic E-state index is 0.712. The van der Waals surface area contributed by atoms with E-state index < -0.39 is 0 Å². The normalized spacial score (nSPS) is 23.0. The lowest BCUT2D eigenvalue weighted by molar-refractivity contribution is 0.525. The lowest BCUT2D eigenvalue weighted by Crippen LogP contribution is -2.26. The summed E-state index contributed by atoms with van der Waals surface area (Å²) in [6, 6.07) is 16.1. The van der Waals surface area contributed by atoms with Gasteiger partial charge in [0.25, 0.3) is 0 Å². The quantitative estimate of drug-likeness (QED) is 0.894. The van der Waals surface area contributed by atoms with Crippen LogP contribution in [0.15, 0.2) is 42.5 Å². The molecule has 2 aromatic rings. The summed E-state index contributed by atoms with van der Waals surface area (Å²) in [4.78, 5) is 0. The van der Waals surface area contributed by atoms with E-state index in [1.165, 1.54) is 35.6 Å².